The van der Waals surface area contributed by atoms with E-state index in [4.69, 9.17) is 14.2 Å². The summed E-state index contributed by atoms with van der Waals surface area (Å²) >= 11 is 0. The molecule has 0 radical (unpaired) electrons. The topological polar surface area (TPSA) is 73.9 Å². The van der Waals surface area contributed by atoms with Crippen molar-refractivity contribution in [3.05, 3.63) is 65.7 Å². The maximum absolute atomic E-state index is 12.3. The molecule has 6 nitrogen and oxygen atoms in total. The summed E-state index contributed by atoms with van der Waals surface area (Å²) in [6, 6.07) is 16.1. The molecule has 1 aliphatic heterocycles. The molecule has 29 heavy (non-hydrogen) atoms. The lowest BCUT2D eigenvalue weighted by Crippen LogP contribution is -2.37. The lowest BCUT2D eigenvalue weighted by Gasteiger charge is -2.18. The summed E-state index contributed by atoms with van der Waals surface area (Å²) in [6.07, 6.45) is 1.31. The van der Waals surface area contributed by atoms with Gasteiger partial charge in [-0.1, -0.05) is 30.3 Å². The van der Waals surface area contributed by atoms with Crippen LogP contribution in [0.1, 0.15) is 48.7 Å². The summed E-state index contributed by atoms with van der Waals surface area (Å²) < 4.78 is 16.5. The fraction of sp³-hybridized carbons (Fsp3) is 0.391. The Morgan fingerprint density at radius 3 is 2.48 bits per heavy atom. The van der Waals surface area contributed by atoms with Crippen molar-refractivity contribution in [3.63, 3.8) is 0 Å². The molecular weight excluding hydrogens is 370 g/mol. The van der Waals surface area contributed by atoms with E-state index < -0.39 is 12.1 Å². The summed E-state index contributed by atoms with van der Waals surface area (Å²) in [4.78, 5) is 24.7. The van der Waals surface area contributed by atoms with Crippen molar-refractivity contribution in [1.82, 2.24) is 5.32 Å². The highest BCUT2D eigenvalue weighted by molar-refractivity contribution is 5.92. The summed E-state index contributed by atoms with van der Waals surface area (Å²) in [5.74, 6) is -0.226. The smallest absolute Gasteiger partial charge is 0.338 e. The summed E-state index contributed by atoms with van der Waals surface area (Å²) in [5, 5.41) is 2.86. The first-order valence-electron chi connectivity index (χ1n) is 9.93. The largest absolute Gasteiger partial charge is 0.491 e. The Morgan fingerprint density at radius 2 is 1.83 bits per heavy atom. The maximum atomic E-state index is 12.3. The number of ether oxygens (including phenoxy) is 3. The van der Waals surface area contributed by atoms with E-state index in [-0.39, 0.29) is 18.1 Å². The van der Waals surface area contributed by atoms with Crippen LogP contribution in [-0.4, -0.2) is 37.3 Å². The molecule has 0 spiro atoms. The molecule has 3 unspecified atom stereocenters. The number of hydrogen-bond acceptors (Lipinski definition) is 5. The molecule has 1 heterocycles. The van der Waals surface area contributed by atoms with Gasteiger partial charge in [0.1, 0.15) is 12.4 Å². The van der Waals surface area contributed by atoms with Gasteiger partial charge in [0.2, 0.25) is 0 Å². The molecule has 0 bridgehead atoms. The molecule has 2 aromatic carbocycles. The van der Waals surface area contributed by atoms with E-state index >= 15 is 0 Å². The number of amides is 1. The molecule has 1 N–H and O–H groups in total. The van der Waals surface area contributed by atoms with Crippen molar-refractivity contribution in [2.45, 2.75) is 44.9 Å². The van der Waals surface area contributed by atoms with Gasteiger partial charge in [-0.15, -0.1) is 0 Å². The van der Waals surface area contributed by atoms with Crippen LogP contribution in [0.2, 0.25) is 0 Å². The third-order valence-electron chi connectivity index (χ3n) is 4.86. The second-order valence-corrected chi connectivity index (χ2v) is 7.16. The second kappa shape index (κ2) is 10.1. The SMILES string of the molecule is CC(OC(=O)c1ccc(OCC2CCCO2)cc1)C(=O)NC(C)c1ccccc1. The van der Waals surface area contributed by atoms with Crippen molar-refractivity contribution in [3.8, 4) is 5.75 Å². The maximum Gasteiger partial charge on any atom is 0.338 e. The molecule has 1 saturated heterocycles. The van der Waals surface area contributed by atoms with Crippen molar-refractivity contribution >= 4 is 11.9 Å². The molecule has 1 aliphatic rings. The molecule has 0 aromatic heterocycles. The molecule has 0 aliphatic carbocycles. The zero-order chi connectivity index (χ0) is 20.6. The quantitative estimate of drug-likeness (QED) is 0.688. The van der Waals surface area contributed by atoms with E-state index in [0.29, 0.717) is 17.9 Å². The summed E-state index contributed by atoms with van der Waals surface area (Å²) in [7, 11) is 0. The van der Waals surface area contributed by atoms with Gasteiger partial charge in [-0.05, 0) is 56.5 Å². The van der Waals surface area contributed by atoms with E-state index in [0.717, 1.165) is 25.0 Å². The van der Waals surface area contributed by atoms with Crippen molar-refractivity contribution < 1.29 is 23.8 Å². The fourth-order valence-corrected chi connectivity index (χ4v) is 3.09. The van der Waals surface area contributed by atoms with Gasteiger partial charge in [0.05, 0.1) is 17.7 Å². The van der Waals surface area contributed by atoms with E-state index in [1.807, 2.05) is 37.3 Å². The molecule has 3 rings (SSSR count). The van der Waals surface area contributed by atoms with Crippen LogP contribution in [0.4, 0.5) is 0 Å². The average molecular weight is 397 g/mol. The normalized spacial score (nSPS) is 17.9. The zero-order valence-electron chi connectivity index (χ0n) is 16.8. The van der Waals surface area contributed by atoms with Gasteiger partial charge in [-0.2, -0.15) is 0 Å². The Morgan fingerprint density at radius 1 is 1.10 bits per heavy atom. The monoisotopic (exact) mass is 397 g/mol. The number of carbonyl (C=O) groups is 2. The van der Waals surface area contributed by atoms with Gasteiger partial charge >= 0.3 is 5.97 Å². The number of benzene rings is 2. The number of rotatable bonds is 8. The second-order valence-electron chi connectivity index (χ2n) is 7.16. The minimum absolute atomic E-state index is 0.136. The predicted molar refractivity (Wildman–Crippen MR) is 109 cm³/mol. The highest BCUT2D eigenvalue weighted by atomic mass is 16.5. The van der Waals surface area contributed by atoms with Crippen LogP contribution in [0.5, 0.6) is 5.75 Å². The van der Waals surface area contributed by atoms with E-state index in [2.05, 4.69) is 5.32 Å². The molecule has 3 atom stereocenters. The molecule has 2 aromatic rings. The average Bonchev–Trinajstić information content (AvgIpc) is 3.26. The first-order chi connectivity index (χ1) is 14.0. The van der Waals surface area contributed by atoms with Gasteiger partial charge in [-0.3, -0.25) is 4.79 Å². The Kier molecular flexibility index (Phi) is 7.25. The Hall–Kier alpha value is -2.86. The van der Waals surface area contributed by atoms with Gasteiger partial charge in [0.15, 0.2) is 6.10 Å². The van der Waals surface area contributed by atoms with Crippen LogP contribution in [0.25, 0.3) is 0 Å². The highest BCUT2D eigenvalue weighted by Gasteiger charge is 2.21. The van der Waals surface area contributed by atoms with Gasteiger partial charge < -0.3 is 19.5 Å². The minimum Gasteiger partial charge on any atom is -0.491 e. The summed E-state index contributed by atoms with van der Waals surface area (Å²) in [5.41, 5.74) is 1.35. The number of carbonyl (C=O) groups excluding carboxylic acids is 2. The molecule has 154 valence electrons. The third kappa shape index (κ3) is 6.06. The fourth-order valence-electron chi connectivity index (χ4n) is 3.09. The van der Waals surface area contributed by atoms with Crippen LogP contribution in [0.3, 0.4) is 0 Å². The van der Waals surface area contributed by atoms with Crippen LogP contribution in [-0.2, 0) is 14.3 Å². The molecule has 6 heteroatoms. The molecule has 1 amide bonds. The van der Waals surface area contributed by atoms with Gasteiger partial charge in [-0.25, -0.2) is 4.79 Å². The first-order valence-corrected chi connectivity index (χ1v) is 9.93. The standard InChI is InChI=1S/C23H27NO5/c1-16(18-7-4-3-5-8-18)24-22(25)17(2)29-23(26)19-10-12-20(13-11-19)28-15-21-9-6-14-27-21/h3-5,7-8,10-13,16-17,21H,6,9,14-15H2,1-2H3,(H,24,25). The zero-order valence-corrected chi connectivity index (χ0v) is 16.8. The lowest BCUT2D eigenvalue weighted by molar-refractivity contribution is -0.129. The van der Waals surface area contributed by atoms with Crippen LogP contribution < -0.4 is 10.1 Å². The first kappa shape index (κ1) is 20.9. The van der Waals surface area contributed by atoms with Gasteiger partial charge in [0.25, 0.3) is 5.91 Å². The van der Waals surface area contributed by atoms with Crippen LogP contribution in [0.15, 0.2) is 54.6 Å². The number of nitrogens with one attached hydrogen (secondary N) is 1. The molecule has 1 fully saturated rings. The third-order valence-corrected chi connectivity index (χ3v) is 4.86. The van der Waals surface area contributed by atoms with E-state index in [1.54, 1.807) is 31.2 Å². The highest BCUT2D eigenvalue weighted by Crippen LogP contribution is 2.17. The van der Waals surface area contributed by atoms with Gasteiger partial charge in [0, 0.05) is 6.61 Å². The Labute approximate surface area is 171 Å². The van der Waals surface area contributed by atoms with E-state index in [9.17, 15) is 9.59 Å². The van der Waals surface area contributed by atoms with Crippen LogP contribution in [0, 0.1) is 0 Å². The summed E-state index contributed by atoms with van der Waals surface area (Å²) in [6.45, 7) is 4.73. The molecule has 0 saturated carbocycles. The predicted octanol–water partition coefficient (Wildman–Crippen LogP) is 3.67. The minimum atomic E-state index is -0.899. The number of esters is 1. The van der Waals surface area contributed by atoms with Crippen LogP contribution >= 0.6 is 0 Å². The van der Waals surface area contributed by atoms with Crippen molar-refractivity contribution in [2.75, 3.05) is 13.2 Å². The van der Waals surface area contributed by atoms with Crippen molar-refractivity contribution in [2.24, 2.45) is 0 Å². The van der Waals surface area contributed by atoms with E-state index in [1.165, 1.54) is 0 Å². The lowest BCUT2D eigenvalue weighted by atomic mass is 10.1. The van der Waals surface area contributed by atoms with Crippen molar-refractivity contribution in [1.29, 1.82) is 0 Å². The number of hydrogen-bond donors (Lipinski definition) is 1. The Bertz CT molecular complexity index is 800. The molecular formula is C23H27NO5. The Balaban J connectivity index is 1.47.